The van der Waals surface area contributed by atoms with Gasteiger partial charge < -0.3 is 14.8 Å². The van der Waals surface area contributed by atoms with Crippen molar-refractivity contribution in [3.63, 3.8) is 0 Å². The Morgan fingerprint density at radius 1 is 1.53 bits per heavy atom. The minimum atomic E-state index is 0.238. The Morgan fingerprint density at radius 2 is 2.41 bits per heavy atom. The van der Waals surface area contributed by atoms with Crippen molar-refractivity contribution in [1.82, 2.24) is 9.97 Å². The fourth-order valence-corrected chi connectivity index (χ4v) is 2.05. The molecular weight excluding hydrogens is 242 g/mol. The third-order valence-corrected chi connectivity index (χ3v) is 3.00. The van der Waals surface area contributed by atoms with E-state index in [0.29, 0.717) is 23.3 Å². The summed E-state index contributed by atoms with van der Waals surface area (Å²) in [7, 11) is 1.55. The van der Waals surface area contributed by atoms with Crippen LogP contribution in [0, 0.1) is 0 Å². The van der Waals surface area contributed by atoms with Crippen LogP contribution in [-0.4, -0.2) is 36.3 Å². The predicted molar refractivity (Wildman–Crippen MR) is 65.7 cm³/mol. The maximum absolute atomic E-state index is 5.90. The van der Waals surface area contributed by atoms with Crippen molar-refractivity contribution >= 4 is 17.4 Å². The maximum atomic E-state index is 5.90. The summed E-state index contributed by atoms with van der Waals surface area (Å²) in [5.41, 5.74) is 0. The molecule has 1 aromatic rings. The highest BCUT2D eigenvalue weighted by atomic mass is 35.5. The first-order valence-corrected chi connectivity index (χ1v) is 6.09. The van der Waals surface area contributed by atoms with Gasteiger partial charge >= 0.3 is 0 Å². The highest BCUT2D eigenvalue weighted by molar-refractivity contribution is 6.31. The van der Waals surface area contributed by atoms with E-state index in [1.165, 1.54) is 12.7 Å². The third-order valence-electron chi connectivity index (χ3n) is 2.74. The van der Waals surface area contributed by atoms with Crippen LogP contribution in [0.3, 0.4) is 0 Å². The lowest BCUT2D eigenvalue weighted by Crippen LogP contribution is -2.27. The molecule has 94 valence electrons. The molecule has 6 heteroatoms. The molecule has 0 saturated carbocycles. The topological polar surface area (TPSA) is 56.3 Å². The fraction of sp³-hybridized carbons (Fsp3) is 0.636. The molecule has 1 aliphatic heterocycles. The number of rotatable bonds is 4. The van der Waals surface area contributed by atoms with Crippen LogP contribution in [0.15, 0.2) is 6.33 Å². The van der Waals surface area contributed by atoms with Gasteiger partial charge in [-0.25, -0.2) is 9.97 Å². The number of anilines is 1. The van der Waals surface area contributed by atoms with Crippen LogP contribution in [-0.2, 0) is 4.74 Å². The lowest BCUT2D eigenvalue weighted by molar-refractivity contribution is 0.0247. The van der Waals surface area contributed by atoms with E-state index in [2.05, 4.69) is 15.3 Å². The molecule has 1 saturated heterocycles. The second-order valence-corrected chi connectivity index (χ2v) is 4.27. The van der Waals surface area contributed by atoms with Gasteiger partial charge in [0.1, 0.15) is 6.33 Å². The van der Waals surface area contributed by atoms with Crippen molar-refractivity contribution in [2.45, 2.75) is 25.4 Å². The Hall–Kier alpha value is -1.07. The average molecular weight is 258 g/mol. The minimum Gasteiger partial charge on any atom is -0.490 e. The summed E-state index contributed by atoms with van der Waals surface area (Å²) < 4.78 is 10.8. The molecule has 1 atom stereocenters. The van der Waals surface area contributed by atoms with Crippen molar-refractivity contribution < 1.29 is 9.47 Å². The zero-order valence-corrected chi connectivity index (χ0v) is 10.5. The molecule has 5 nitrogen and oxygen atoms in total. The van der Waals surface area contributed by atoms with Crippen LogP contribution in [0.25, 0.3) is 0 Å². The van der Waals surface area contributed by atoms with Gasteiger partial charge in [0, 0.05) is 13.2 Å². The second-order valence-electron chi connectivity index (χ2n) is 3.92. The molecule has 1 aliphatic rings. The molecule has 0 bridgehead atoms. The number of hydrogen-bond acceptors (Lipinski definition) is 5. The first-order chi connectivity index (χ1) is 8.31. The van der Waals surface area contributed by atoms with E-state index >= 15 is 0 Å². The molecule has 0 amide bonds. The van der Waals surface area contributed by atoms with Crippen molar-refractivity contribution in [2.75, 3.05) is 25.6 Å². The standard InChI is InChI=1S/C11H16ClN3O2/c1-16-9-10(12)14-7-15-11(9)13-6-8-4-2-3-5-17-8/h7-8H,2-6H2,1H3,(H,13,14,15). The summed E-state index contributed by atoms with van der Waals surface area (Å²) in [4.78, 5) is 7.97. The van der Waals surface area contributed by atoms with Gasteiger partial charge in [0.2, 0.25) is 0 Å². The van der Waals surface area contributed by atoms with Gasteiger partial charge in [-0.1, -0.05) is 11.6 Å². The van der Waals surface area contributed by atoms with E-state index < -0.39 is 0 Å². The van der Waals surface area contributed by atoms with Gasteiger partial charge in [0.15, 0.2) is 16.7 Å². The largest absolute Gasteiger partial charge is 0.490 e. The number of aromatic nitrogens is 2. The van der Waals surface area contributed by atoms with E-state index in [-0.39, 0.29) is 6.10 Å². The number of halogens is 1. The molecule has 0 radical (unpaired) electrons. The van der Waals surface area contributed by atoms with Crippen molar-refractivity contribution in [3.8, 4) is 5.75 Å². The normalized spacial score (nSPS) is 20.0. The molecule has 2 rings (SSSR count). The van der Waals surface area contributed by atoms with E-state index in [4.69, 9.17) is 21.1 Å². The molecule has 1 fully saturated rings. The fourth-order valence-electron chi connectivity index (χ4n) is 1.84. The predicted octanol–water partition coefficient (Wildman–Crippen LogP) is 2.12. The molecule has 0 aromatic carbocycles. The maximum Gasteiger partial charge on any atom is 0.198 e. The average Bonchev–Trinajstić information content (AvgIpc) is 2.37. The summed E-state index contributed by atoms with van der Waals surface area (Å²) >= 11 is 5.90. The highest BCUT2D eigenvalue weighted by Crippen LogP contribution is 2.28. The van der Waals surface area contributed by atoms with Crippen molar-refractivity contribution in [3.05, 3.63) is 11.5 Å². The molecule has 0 spiro atoms. The summed E-state index contributed by atoms with van der Waals surface area (Å²) in [5, 5.41) is 3.50. The second kappa shape index (κ2) is 6.02. The lowest BCUT2D eigenvalue weighted by Gasteiger charge is -2.23. The summed E-state index contributed by atoms with van der Waals surface area (Å²) in [6.45, 7) is 1.55. The number of methoxy groups -OCH3 is 1. The van der Waals surface area contributed by atoms with Crippen LogP contribution in [0.4, 0.5) is 5.82 Å². The van der Waals surface area contributed by atoms with Crippen LogP contribution in [0.2, 0.25) is 5.15 Å². The Labute approximate surface area is 105 Å². The quantitative estimate of drug-likeness (QED) is 0.838. The van der Waals surface area contributed by atoms with Crippen LogP contribution in [0.1, 0.15) is 19.3 Å². The molecule has 2 heterocycles. The summed E-state index contributed by atoms with van der Waals surface area (Å²) in [5.74, 6) is 1.09. The van der Waals surface area contributed by atoms with E-state index in [9.17, 15) is 0 Å². The number of nitrogens with zero attached hydrogens (tertiary/aromatic N) is 2. The Kier molecular flexibility index (Phi) is 4.39. The van der Waals surface area contributed by atoms with Gasteiger partial charge in [-0.05, 0) is 19.3 Å². The van der Waals surface area contributed by atoms with Gasteiger partial charge in [0.05, 0.1) is 13.2 Å². The van der Waals surface area contributed by atoms with Crippen molar-refractivity contribution in [1.29, 1.82) is 0 Å². The zero-order valence-electron chi connectivity index (χ0n) is 9.78. The number of hydrogen-bond donors (Lipinski definition) is 1. The number of nitrogens with one attached hydrogen (secondary N) is 1. The van der Waals surface area contributed by atoms with Gasteiger partial charge in [0.25, 0.3) is 0 Å². The summed E-state index contributed by atoms with van der Waals surface area (Å²) in [6.07, 6.45) is 5.10. The molecule has 1 aromatic heterocycles. The molecule has 0 aliphatic carbocycles. The first-order valence-electron chi connectivity index (χ1n) is 5.71. The SMILES string of the molecule is COc1c(Cl)ncnc1NCC1CCCCO1. The zero-order chi connectivity index (χ0) is 12.1. The molecule has 1 N–H and O–H groups in total. The molecule has 1 unspecified atom stereocenters. The Bertz CT molecular complexity index is 370. The van der Waals surface area contributed by atoms with E-state index in [1.54, 1.807) is 7.11 Å². The monoisotopic (exact) mass is 257 g/mol. The third kappa shape index (κ3) is 3.20. The van der Waals surface area contributed by atoms with E-state index in [0.717, 1.165) is 19.4 Å². The smallest absolute Gasteiger partial charge is 0.198 e. The lowest BCUT2D eigenvalue weighted by atomic mass is 10.1. The summed E-state index contributed by atoms with van der Waals surface area (Å²) in [6, 6.07) is 0. The Morgan fingerprint density at radius 3 is 3.12 bits per heavy atom. The first kappa shape index (κ1) is 12.4. The highest BCUT2D eigenvalue weighted by Gasteiger charge is 2.15. The van der Waals surface area contributed by atoms with E-state index in [1.807, 2.05) is 0 Å². The van der Waals surface area contributed by atoms with Crippen LogP contribution in [0.5, 0.6) is 5.75 Å². The van der Waals surface area contributed by atoms with Gasteiger partial charge in [-0.2, -0.15) is 0 Å². The van der Waals surface area contributed by atoms with Crippen LogP contribution >= 0.6 is 11.6 Å². The number of ether oxygens (including phenoxy) is 2. The molecule has 17 heavy (non-hydrogen) atoms. The minimum absolute atomic E-state index is 0.238. The van der Waals surface area contributed by atoms with Gasteiger partial charge in [-0.3, -0.25) is 0 Å². The van der Waals surface area contributed by atoms with Crippen molar-refractivity contribution in [2.24, 2.45) is 0 Å². The van der Waals surface area contributed by atoms with Crippen LogP contribution < -0.4 is 10.1 Å². The van der Waals surface area contributed by atoms with Gasteiger partial charge in [-0.15, -0.1) is 0 Å². The molecular formula is C11H16ClN3O2. The Balaban J connectivity index is 1.95.